The van der Waals surface area contributed by atoms with Gasteiger partial charge >= 0.3 is 0 Å². The summed E-state index contributed by atoms with van der Waals surface area (Å²) < 4.78 is 11.6. The maximum absolute atomic E-state index is 5.91. The Bertz CT molecular complexity index is 295. The Hall–Kier alpha value is -0.800. The molecule has 3 nitrogen and oxygen atoms in total. The molecular weight excluding hydrogens is 214 g/mol. The molecule has 0 heterocycles. The minimum absolute atomic E-state index is 0.111. The highest BCUT2D eigenvalue weighted by molar-refractivity contribution is 5.19. The van der Waals surface area contributed by atoms with E-state index in [1.165, 1.54) is 19.3 Å². The lowest BCUT2D eigenvalue weighted by Gasteiger charge is -2.30. The van der Waals surface area contributed by atoms with Crippen molar-refractivity contribution in [2.75, 3.05) is 19.8 Å². The molecule has 3 heteroatoms. The second kappa shape index (κ2) is 6.22. The molecule has 0 saturated heterocycles. The van der Waals surface area contributed by atoms with Crippen molar-refractivity contribution >= 4 is 0 Å². The monoisotopic (exact) mass is 237 g/mol. The van der Waals surface area contributed by atoms with Crippen molar-refractivity contribution in [3.05, 3.63) is 24.0 Å². The average molecular weight is 237 g/mol. The highest BCUT2D eigenvalue weighted by atomic mass is 16.5. The van der Waals surface area contributed by atoms with Gasteiger partial charge in [-0.05, 0) is 24.8 Å². The summed E-state index contributed by atoms with van der Waals surface area (Å²) in [5.41, 5.74) is 5.45. The van der Waals surface area contributed by atoms with Crippen LogP contribution >= 0.6 is 0 Å². The van der Waals surface area contributed by atoms with E-state index in [0.29, 0.717) is 19.1 Å². The second-order valence-electron chi connectivity index (χ2n) is 4.97. The summed E-state index contributed by atoms with van der Waals surface area (Å²) in [6.45, 7) is 4.19. The number of nitrogens with two attached hydrogens (primary N) is 1. The molecule has 0 aromatic rings. The lowest BCUT2D eigenvalue weighted by atomic mass is 9.86. The van der Waals surface area contributed by atoms with Gasteiger partial charge in [0, 0.05) is 12.5 Å². The third-order valence-electron chi connectivity index (χ3n) is 3.64. The first-order chi connectivity index (χ1) is 8.31. The van der Waals surface area contributed by atoms with Gasteiger partial charge in [0.05, 0.1) is 19.3 Å². The van der Waals surface area contributed by atoms with Crippen molar-refractivity contribution in [3.8, 4) is 0 Å². The van der Waals surface area contributed by atoms with Crippen LogP contribution in [-0.4, -0.2) is 25.9 Å². The first kappa shape index (κ1) is 12.7. The molecule has 1 fully saturated rings. The largest absolute Gasteiger partial charge is 0.497 e. The van der Waals surface area contributed by atoms with Crippen molar-refractivity contribution < 1.29 is 9.47 Å². The van der Waals surface area contributed by atoms with Crippen molar-refractivity contribution in [3.63, 3.8) is 0 Å². The van der Waals surface area contributed by atoms with E-state index in [0.717, 1.165) is 18.3 Å². The number of hydrogen-bond acceptors (Lipinski definition) is 3. The van der Waals surface area contributed by atoms with Crippen LogP contribution in [-0.2, 0) is 9.47 Å². The quantitative estimate of drug-likeness (QED) is 0.770. The smallest absolute Gasteiger partial charge is 0.102 e. The van der Waals surface area contributed by atoms with E-state index in [2.05, 4.69) is 19.1 Å². The predicted molar refractivity (Wildman–Crippen MR) is 68.5 cm³/mol. The third-order valence-corrected chi connectivity index (χ3v) is 3.64. The van der Waals surface area contributed by atoms with E-state index in [-0.39, 0.29) is 6.10 Å². The molecule has 2 aliphatic rings. The minimum atomic E-state index is 0.111. The number of hydrogen-bond donors (Lipinski definition) is 1. The zero-order valence-electron chi connectivity index (χ0n) is 10.6. The molecular formula is C14H23NO2. The fourth-order valence-electron chi connectivity index (χ4n) is 2.20. The Kier molecular flexibility index (Phi) is 4.63. The van der Waals surface area contributed by atoms with Crippen LogP contribution in [0.4, 0.5) is 0 Å². The van der Waals surface area contributed by atoms with Gasteiger partial charge in [0.1, 0.15) is 5.76 Å². The van der Waals surface area contributed by atoms with Gasteiger partial charge in [-0.2, -0.15) is 0 Å². The van der Waals surface area contributed by atoms with Gasteiger partial charge in [0.2, 0.25) is 0 Å². The Morgan fingerprint density at radius 1 is 1.41 bits per heavy atom. The van der Waals surface area contributed by atoms with Gasteiger partial charge in [-0.25, -0.2) is 0 Å². The van der Waals surface area contributed by atoms with E-state index >= 15 is 0 Å². The fourth-order valence-corrected chi connectivity index (χ4v) is 2.20. The Balaban J connectivity index is 1.79. The fraction of sp³-hybridized carbons (Fsp3) is 0.714. The highest BCUT2D eigenvalue weighted by Crippen LogP contribution is 2.29. The molecule has 0 aromatic carbocycles. The molecule has 1 saturated carbocycles. The SMILES string of the molecule is CC1C(OCC2CCC2)=CC=CC1OCCN. The molecule has 0 aromatic heterocycles. The molecule has 0 amide bonds. The zero-order valence-corrected chi connectivity index (χ0v) is 10.6. The van der Waals surface area contributed by atoms with E-state index in [1.54, 1.807) is 0 Å². The first-order valence-corrected chi connectivity index (χ1v) is 6.64. The van der Waals surface area contributed by atoms with Crippen molar-refractivity contribution in [2.45, 2.75) is 32.3 Å². The molecule has 2 aliphatic carbocycles. The molecule has 0 spiro atoms. The standard InChI is InChI=1S/C14H23NO2/c1-11-13(16-9-8-15)6-3-7-14(11)17-10-12-4-2-5-12/h3,6-7,11-13H,2,4-5,8-10,15H2,1H3. The maximum Gasteiger partial charge on any atom is 0.102 e. The molecule has 0 bridgehead atoms. The van der Waals surface area contributed by atoms with Gasteiger partial charge in [-0.15, -0.1) is 0 Å². The number of allylic oxidation sites excluding steroid dienone is 2. The second-order valence-corrected chi connectivity index (χ2v) is 4.97. The lowest BCUT2D eigenvalue weighted by molar-refractivity contribution is 0.0301. The first-order valence-electron chi connectivity index (χ1n) is 6.64. The Morgan fingerprint density at radius 3 is 2.88 bits per heavy atom. The summed E-state index contributed by atoms with van der Waals surface area (Å²) in [5.74, 6) is 2.13. The van der Waals surface area contributed by atoms with Gasteiger partial charge in [0.15, 0.2) is 0 Å². The maximum atomic E-state index is 5.91. The van der Waals surface area contributed by atoms with Crippen LogP contribution in [0.5, 0.6) is 0 Å². The van der Waals surface area contributed by atoms with E-state index < -0.39 is 0 Å². The molecule has 2 N–H and O–H groups in total. The van der Waals surface area contributed by atoms with Crippen LogP contribution in [0.25, 0.3) is 0 Å². The summed E-state index contributed by atoms with van der Waals surface area (Å²) >= 11 is 0. The van der Waals surface area contributed by atoms with Gasteiger partial charge in [-0.3, -0.25) is 0 Å². The molecule has 0 aliphatic heterocycles. The van der Waals surface area contributed by atoms with E-state index in [4.69, 9.17) is 15.2 Å². The molecule has 96 valence electrons. The van der Waals surface area contributed by atoms with Crippen LogP contribution in [0.1, 0.15) is 26.2 Å². The van der Waals surface area contributed by atoms with Crippen LogP contribution in [0, 0.1) is 11.8 Å². The lowest BCUT2D eigenvalue weighted by Crippen LogP contribution is -2.28. The molecule has 2 unspecified atom stereocenters. The van der Waals surface area contributed by atoms with E-state index in [9.17, 15) is 0 Å². The van der Waals surface area contributed by atoms with Gasteiger partial charge < -0.3 is 15.2 Å². The summed E-state index contributed by atoms with van der Waals surface area (Å²) in [6, 6.07) is 0. The third kappa shape index (κ3) is 3.33. The van der Waals surface area contributed by atoms with Crippen LogP contribution in [0.15, 0.2) is 24.0 Å². The normalized spacial score (nSPS) is 28.7. The van der Waals surface area contributed by atoms with E-state index in [1.807, 2.05) is 6.08 Å². The summed E-state index contributed by atoms with van der Waals surface area (Å²) in [7, 11) is 0. The number of rotatable bonds is 6. The number of ether oxygens (including phenoxy) is 2. The van der Waals surface area contributed by atoms with Crippen LogP contribution < -0.4 is 5.73 Å². The van der Waals surface area contributed by atoms with Crippen molar-refractivity contribution in [2.24, 2.45) is 17.6 Å². The average Bonchev–Trinajstić information content (AvgIpc) is 2.27. The van der Waals surface area contributed by atoms with Gasteiger partial charge in [0.25, 0.3) is 0 Å². The highest BCUT2D eigenvalue weighted by Gasteiger charge is 2.25. The Labute approximate surface area is 104 Å². The summed E-state index contributed by atoms with van der Waals surface area (Å²) in [5, 5.41) is 0. The molecule has 17 heavy (non-hydrogen) atoms. The van der Waals surface area contributed by atoms with Crippen molar-refractivity contribution in [1.82, 2.24) is 0 Å². The van der Waals surface area contributed by atoms with Crippen LogP contribution in [0.3, 0.4) is 0 Å². The molecule has 2 atom stereocenters. The molecule has 2 rings (SSSR count). The summed E-state index contributed by atoms with van der Waals surface area (Å²) in [4.78, 5) is 0. The van der Waals surface area contributed by atoms with Crippen molar-refractivity contribution in [1.29, 1.82) is 0 Å². The van der Waals surface area contributed by atoms with Gasteiger partial charge in [-0.1, -0.05) is 25.5 Å². The zero-order chi connectivity index (χ0) is 12.1. The minimum Gasteiger partial charge on any atom is -0.497 e. The summed E-state index contributed by atoms with van der Waals surface area (Å²) in [6.07, 6.45) is 10.3. The predicted octanol–water partition coefficient (Wildman–Crippen LogP) is 2.24. The topological polar surface area (TPSA) is 44.5 Å². The van der Waals surface area contributed by atoms with Crippen LogP contribution in [0.2, 0.25) is 0 Å². The Morgan fingerprint density at radius 2 is 2.24 bits per heavy atom. The molecule has 0 radical (unpaired) electrons.